The van der Waals surface area contributed by atoms with Gasteiger partial charge in [0, 0.05) is 11.6 Å². The first kappa shape index (κ1) is 14.4. The van der Waals surface area contributed by atoms with Gasteiger partial charge in [0.25, 0.3) is 0 Å². The molecular formula is C16H19ClN2O2. The van der Waals surface area contributed by atoms with E-state index in [0.29, 0.717) is 11.6 Å². The fraction of sp³-hybridized carbons (Fsp3) is 0.500. The van der Waals surface area contributed by atoms with Crippen molar-refractivity contribution in [2.24, 2.45) is 5.92 Å². The Morgan fingerprint density at radius 2 is 1.95 bits per heavy atom. The number of amides is 2. The average molecular weight is 307 g/mol. The van der Waals surface area contributed by atoms with Crippen LogP contribution in [0.15, 0.2) is 24.3 Å². The van der Waals surface area contributed by atoms with Gasteiger partial charge in [-0.15, -0.1) is 0 Å². The lowest BCUT2D eigenvalue weighted by atomic mass is 9.94. The predicted molar refractivity (Wildman–Crippen MR) is 80.7 cm³/mol. The third-order valence-electron chi connectivity index (χ3n) is 4.20. The zero-order valence-electron chi connectivity index (χ0n) is 12.2. The summed E-state index contributed by atoms with van der Waals surface area (Å²) in [6, 6.07) is 7.11. The molecular weight excluding hydrogens is 288 g/mol. The molecule has 2 aliphatic rings. The summed E-state index contributed by atoms with van der Waals surface area (Å²) < 4.78 is 0. The van der Waals surface area contributed by atoms with Crippen LogP contribution in [0.3, 0.4) is 0 Å². The van der Waals surface area contributed by atoms with Crippen molar-refractivity contribution in [1.29, 1.82) is 0 Å². The standard InChI is InChI=1S/C16H19ClN2O2/c1-16(2)15(21)19(9-11-5-3-4-6-12(11)17)13(10-7-8-10)14(20)18-16/h3-6,10,13H,7-9H2,1-2H3,(H,18,20). The van der Waals surface area contributed by atoms with Crippen LogP contribution in [0.4, 0.5) is 0 Å². The lowest BCUT2D eigenvalue weighted by Crippen LogP contribution is -2.68. The molecule has 5 heteroatoms. The largest absolute Gasteiger partial charge is 0.340 e. The highest BCUT2D eigenvalue weighted by Gasteiger charge is 2.50. The summed E-state index contributed by atoms with van der Waals surface area (Å²) in [4.78, 5) is 26.8. The van der Waals surface area contributed by atoms with E-state index in [2.05, 4.69) is 5.32 Å². The fourth-order valence-corrected chi connectivity index (χ4v) is 3.12. The Kier molecular flexibility index (Phi) is 3.44. The number of rotatable bonds is 3. The number of carbonyl (C=O) groups excluding carboxylic acids is 2. The lowest BCUT2D eigenvalue weighted by molar-refractivity contribution is -0.155. The van der Waals surface area contributed by atoms with Crippen LogP contribution < -0.4 is 5.32 Å². The van der Waals surface area contributed by atoms with E-state index in [4.69, 9.17) is 11.6 Å². The van der Waals surface area contributed by atoms with Crippen molar-refractivity contribution >= 4 is 23.4 Å². The summed E-state index contributed by atoms with van der Waals surface area (Å²) in [6.45, 7) is 3.88. The fourth-order valence-electron chi connectivity index (χ4n) is 2.92. The Balaban J connectivity index is 1.93. The molecule has 2 amide bonds. The Bertz CT molecular complexity index is 596. The van der Waals surface area contributed by atoms with Gasteiger partial charge in [-0.05, 0) is 44.2 Å². The zero-order chi connectivity index (χ0) is 15.2. The summed E-state index contributed by atoms with van der Waals surface area (Å²) in [7, 11) is 0. The van der Waals surface area contributed by atoms with E-state index in [9.17, 15) is 9.59 Å². The molecule has 1 saturated carbocycles. The molecule has 1 aromatic rings. The van der Waals surface area contributed by atoms with Gasteiger partial charge in [-0.3, -0.25) is 9.59 Å². The van der Waals surface area contributed by atoms with E-state index in [1.54, 1.807) is 18.7 Å². The minimum atomic E-state index is -0.857. The number of hydrogen-bond acceptors (Lipinski definition) is 2. The maximum absolute atomic E-state index is 12.7. The predicted octanol–water partition coefficient (Wildman–Crippen LogP) is 2.36. The van der Waals surface area contributed by atoms with E-state index < -0.39 is 5.54 Å². The summed E-state index contributed by atoms with van der Waals surface area (Å²) in [5.41, 5.74) is 0.0210. The first-order valence-corrected chi connectivity index (χ1v) is 7.64. The van der Waals surface area contributed by atoms with Gasteiger partial charge in [0.05, 0.1) is 0 Å². The topological polar surface area (TPSA) is 49.4 Å². The minimum Gasteiger partial charge on any atom is -0.340 e. The zero-order valence-corrected chi connectivity index (χ0v) is 13.0. The maximum atomic E-state index is 12.7. The SMILES string of the molecule is CC1(C)NC(=O)C(C2CC2)N(Cc2ccccc2Cl)C1=O. The van der Waals surface area contributed by atoms with Gasteiger partial charge in [-0.1, -0.05) is 29.8 Å². The van der Waals surface area contributed by atoms with Gasteiger partial charge in [0.15, 0.2) is 0 Å². The molecule has 112 valence electrons. The second-order valence-electron chi connectivity index (χ2n) is 6.42. The van der Waals surface area contributed by atoms with E-state index in [1.807, 2.05) is 24.3 Å². The molecule has 1 saturated heterocycles. The highest BCUT2D eigenvalue weighted by Crippen LogP contribution is 2.39. The summed E-state index contributed by atoms with van der Waals surface area (Å²) >= 11 is 6.20. The van der Waals surface area contributed by atoms with Crippen LogP contribution in [0.2, 0.25) is 5.02 Å². The van der Waals surface area contributed by atoms with Gasteiger partial charge in [-0.2, -0.15) is 0 Å². The molecule has 1 aromatic carbocycles. The van der Waals surface area contributed by atoms with Gasteiger partial charge in [0.2, 0.25) is 11.8 Å². The average Bonchev–Trinajstić information content (AvgIpc) is 3.22. The van der Waals surface area contributed by atoms with Crippen molar-refractivity contribution in [3.8, 4) is 0 Å². The van der Waals surface area contributed by atoms with E-state index in [-0.39, 0.29) is 23.8 Å². The van der Waals surface area contributed by atoms with Crippen molar-refractivity contribution in [1.82, 2.24) is 10.2 Å². The molecule has 4 nitrogen and oxygen atoms in total. The van der Waals surface area contributed by atoms with Crippen molar-refractivity contribution in [3.05, 3.63) is 34.9 Å². The first-order chi connectivity index (χ1) is 9.90. The van der Waals surface area contributed by atoms with Crippen LogP contribution >= 0.6 is 11.6 Å². The molecule has 21 heavy (non-hydrogen) atoms. The normalized spacial score (nSPS) is 24.9. The molecule has 1 unspecified atom stereocenters. The molecule has 2 fully saturated rings. The quantitative estimate of drug-likeness (QED) is 0.932. The van der Waals surface area contributed by atoms with Crippen LogP contribution in [0.25, 0.3) is 0 Å². The van der Waals surface area contributed by atoms with Crippen molar-refractivity contribution in [2.45, 2.75) is 44.8 Å². The molecule has 0 radical (unpaired) electrons. The van der Waals surface area contributed by atoms with Gasteiger partial charge in [-0.25, -0.2) is 0 Å². The molecule has 0 spiro atoms. The maximum Gasteiger partial charge on any atom is 0.248 e. The first-order valence-electron chi connectivity index (χ1n) is 7.26. The number of hydrogen-bond donors (Lipinski definition) is 1. The number of piperazine rings is 1. The van der Waals surface area contributed by atoms with Crippen LogP contribution in [-0.4, -0.2) is 28.3 Å². The van der Waals surface area contributed by atoms with Crippen molar-refractivity contribution < 1.29 is 9.59 Å². The van der Waals surface area contributed by atoms with E-state index in [1.165, 1.54) is 0 Å². The number of halogens is 1. The van der Waals surface area contributed by atoms with Gasteiger partial charge >= 0.3 is 0 Å². The van der Waals surface area contributed by atoms with Crippen molar-refractivity contribution in [2.75, 3.05) is 0 Å². The Labute approximate surface area is 129 Å². The number of carbonyl (C=O) groups is 2. The molecule has 0 bridgehead atoms. The third-order valence-corrected chi connectivity index (χ3v) is 4.57. The van der Waals surface area contributed by atoms with Gasteiger partial charge < -0.3 is 10.2 Å². The Hall–Kier alpha value is -1.55. The minimum absolute atomic E-state index is 0.0427. The molecule has 3 rings (SSSR count). The molecule has 1 atom stereocenters. The molecule has 1 N–H and O–H groups in total. The summed E-state index contributed by atoms with van der Waals surface area (Å²) in [5, 5.41) is 3.47. The van der Waals surface area contributed by atoms with Crippen molar-refractivity contribution in [3.63, 3.8) is 0 Å². The van der Waals surface area contributed by atoms with Crippen LogP contribution in [0.5, 0.6) is 0 Å². The highest BCUT2D eigenvalue weighted by molar-refractivity contribution is 6.31. The number of benzene rings is 1. The Morgan fingerprint density at radius 1 is 1.29 bits per heavy atom. The second-order valence-corrected chi connectivity index (χ2v) is 6.83. The third kappa shape index (κ3) is 2.64. The second kappa shape index (κ2) is 5.02. The smallest absolute Gasteiger partial charge is 0.248 e. The lowest BCUT2D eigenvalue weighted by Gasteiger charge is -2.43. The molecule has 1 aliphatic carbocycles. The molecule has 1 aliphatic heterocycles. The monoisotopic (exact) mass is 306 g/mol. The van der Waals surface area contributed by atoms with E-state index >= 15 is 0 Å². The van der Waals surface area contributed by atoms with Crippen LogP contribution in [0.1, 0.15) is 32.3 Å². The highest BCUT2D eigenvalue weighted by atomic mass is 35.5. The van der Waals surface area contributed by atoms with Crippen LogP contribution in [-0.2, 0) is 16.1 Å². The summed E-state index contributed by atoms with van der Waals surface area (Å²) in [6.07, 6.45) is 2.01. The molecule has 1 heterocycles. The molecule has 0 aromatic heterocycles. The van der Waals surface area contributed by atoms with Crippen LogP contribution in [0, 0.1) is 5.92 Å². The van der Waals surface area contributed by atoms with E-state index in [0.717, 1.165) is 18.4 Å². The Morgan fingerprint density at radius 3 is 2.57 bits per heavy atom. The number of nitrogens with one attached hydrogen (secondary N) is 1. The number of nitrogens with zero attached hydrogens (tertiary/aromatic N) is 1. The summed E-state index contributed by atoms with van der Waals surface area (Å²) in [5.74, 6) is 0.195. The van der Waals surface area contributed by atoms with Gasteiger partial charge in [0.1, 0.15) is 11.6 Å².